The lowest BCUT2D eigenvalue weighted by Gasteiger charge is -2.32. The third kappa shape index (κ3) is 2.43. The molecule has 0 aromatic carbocycles. The Kier molecular flexibility index (Phi) is 3.39. The van der Waals surface area contributed by atoms with Crippen molar-refractivity contribution in [2.24, 2.45) is 0 Å². The minimum Gasteiger partial charge on any atom is -0.391 e. The molecule has 0 bridgehead atoms. The zero-order valence-electron chi connectivity index (χ0n) is 11.1. The Morgan fingerprint density at radius 2 is 2.16 bits per heavy atom. The van der Waals surface area contributed by atoms with Gasteiger partial charge in [0.05, 0.1) is 11.7 Å². The van der Waals surface area contributed by atoms with Crippen LogP contribution < -0.4 is 4.90 Å². The molecule has 1 aromatic heterocycles. The number of piperidine rings is 1. The van der Waals surface area contributed by atoms with E-state index in [2.05, 4.69) is 11.0 Å². The van der Waals surface area contributed by atoms with Crippen molar-refractivity contribution in [2.45, 2.75) is 44.6 Å². The highest BCUT2D eigenvalue weighted by molar-refractivity contribution is 5.56. The molecule has 1 aliphatic carbocycles. The van der Waals surface area contributed by atoms with Gasteiger partial charge in [-0.2, -0.15) is 5.26 Å². The normalized spacial score (nSPS) is 22.7. The second kappa shape index (κ2) is 5.18. The molecule has 1 aliphatic heterocycles. The molecule has 1 fully saturated rings. The van der Waals surface area contributed by atoms with E-state index < -0.39 is 0 Å². The maximum Gasteiger partial charge on any atom is 0.146 e. The number of hydrogen-bond acceptors (Lipinski definition) is 4. The minimum absolute atomic E-state index is 0.293. The summed E-state index contributed by atoms with van der Waals surface area (Å²) < 4.78 is 0. The van der Waals surface area contributed by atoms with Crippen molar-refractivity contribution >= 4 is 5.82 Å². The average molecular weight is 257 g/mol. The molecule has 3 rings (SSSR count). The molecule has 100 valence electrons. The molecule has 2 aliphatic rings. The van der Waals surface area contributed by atoms with Gasteiger partial charge in [-0.05, 0) is 50.2 Å². The van der Waals surface area contributed by atoms with E-state index in [1.807, 2.05) is 6.07 Å². The van der Waals surface area contributed by atoms with E-state index in [1.165, 1.54) is 18.4 Å². The number of fused-ring (bicyclic) bond motifs is 1. The summed E-state index contributed by atoms with van der Waals surface area (Å²) >= 11 is 0. The Balaban J connectivity index is 1.97. The highest BCUT2D eigenvalue weighted by atomic mass is 16.3. The summed E-state index contributed by atoms with van der Waals surface area (Å²) in [6.07, 6.45) is 5.96. The van der Waals surface area contributed by atoms with Crippen LogP contribution in [0.1, 0.15) is 42.5 Å². The Morgan fingerprint density at radius 1 is 1.32 bits per heavy atom. The fraction of sp³-hybridized carbons (Fsp3) is 0.600. The van der Waals surface area contributed by atoms with E-state index in [0.717, 1.165) is 43.7 Å². The molecule has 0 amide bonds. The van der Waals surface area contributed by atoms with E-state index in [1.54, 1.807) is 0 Å². The average Bonchev–Trinajstić information content (AvgIpc) is 2.46. The van der Waals surface area contributed by atoms with Crippen LogP contribution in [-0.4, -0.2) is 29.3 Å². The van der Waals surface area contributed by atoms with E-state index in [4.69, 9.17) is 4.98 Å². The first-order chi connectivity index (χ1) is 9.28. The van der Waals surface area contributed by atoms with Gasteiger partial charge in [-0.15, -0.1) is 0 Å². The molecule has 1 atom stereocenters. The number of aliphatic hydroxyl groups excluding tert-OH is 1. The summed E-state index contributed by atoms with van der Waals surface area (Å²) in [6, 6.07) is 4.28. The van der Waals surface area contributed by atoms with Crippen molar-refractivity contribution in [1.29, 1.82) is 5.26 Å². The topological polar surface area (TPSA) is 60.2 Å². The molecule has 4 nitrogen and oxygen atoms in total. The number of anilines is 1. The zero-order valence-corrected chi connectivity index (χ0v) is 11.1. The van der Waals surface area contributed by atoms with Crippen molar-refractivity contribution in [3.63, 3.8) is 0 Å². The number of nitrogens with zero attached hydrogens (tertiary/aromatic N) is 3. The van der Waals surface area contributed by atoms with Crippen LogP contribution in [0.15, 0.2) is 6.07 Å². The van der Waals surface area contributed by atoms with Crippen molar-refractivity contribution in [3.05, 3.63) is 22.9 Å². The van der Waals surface area contributed by atoms with Crippen LogP contribution in [0.2, 0.25) is 0 Å². The number of aryl methyl sites for hydroxylation is 2. The molecule has 1 N–H and O–H groups in total. The van der Waals surface area contributed by atoms with Crippen molar-refractivity contribution in [2.75, 3.05) is 18.0 Å². The van der Waals surface area contributed by atoms with Gasteiger partial charge in [-0.3, -0.25) is 0 Å². The van der Waals surface area contributed by atoms with Gasteiger partial charge in [0.15, 0.2) is 0 Å². The SMILES string of the molecule is N#Cc1cc2c(nc1N1CCCC(O)C1)CCCC2. The Morgan fingerprint density at radius 3 is 2.95 bits per heavy atom. The van der Waals surface area contributed by atoms with Crippen LogP contribution in [0, 0.1) is 11.3 Å². The van der Waals surface area contributed by atoms with Gasteiger partial charge >= 0.3 is 0 Å². The molecule has 1 aromatic rings. The lowest BCUT2D eigenvalue weighted by atomic mass is 9.94. The van der Waals surface area contributed by atoms with Crippen LogP contribution in [0.5, 0.6) is 0 Å². The first kappa shape index (κ1) is 12.4. The summed E-state index contributed by atoms with van der Waals surface area (Å²) in [5.41, 5.74) is 3.05. The first-order valence-electron chi connectivity index (χ1n) is 7.14. The molecule has 2 heterocycles. The maximum absolute atomic E-state index is 9.79. The lowest BCUT2D eigenvalue weighted by Crippen LogP contribution is -2.39. The standard InChI is InChI=1S/C15H19N3O/c16-9-12-8-11-4-1-2-6-14(11)17-15(12)18-7-3-5-13(19)10-18/h8,13,19H,1-7,10H2. The van der Waals surface area contributed by atoms with Gasteiger partial charge in [0.2, 0.25) is 0 Å². The molecule has 19 heavy (non-hydrogen) atoms. The van der Waals surface area contributed by atoms with E-state index in [9.17, 15) is 10.4 Å². The third-order valence-electron chi connectivity index (χ3n) is 4.10. The number of nitriles is 1. The predicted molar refractivity (Wildman–Crippen MR) is 73.0 cm³/mol. The number of pyridine rings is 1. The second-order valence-corrected chi connectivity index (χ2v) is 5.53. The van der Waals surface area contributed by atoms with Gasteiger partial charge < -0.3 is 10.0 Å². The van der Waals surface area contributed by atoms with Crippen LogP contribution >= 0.6 is 0 Å². The first-order valence-corrected chi connectivity index (χ1v) is 7.14. The second-order valence-electron chi connectivity index (χ2n) is 5.53. The van der Waals surface area contributed by atoms with Gasteiger partial charge in [-0.1, -0.05) is 0 Å². The summed E-state index contributed by atoms with van der Waals surface area (Å²) in [4.78, 5) is 6.81. The summed E-state index contributed by atoms with van der Waals surface area (Å²) in [5, 5.41) is 19.1. The quantitative estimate of drug-likeness (QED) is 0.833. The fourth-order valence-corrected chi connectivity index (χ4v) is 3.09. The van der Waals surface area contributed by atoms with Crippen LogP contribution in [0.3, 0.4) is 0 Å². The summed E-state index contributed by atoms with van der Waals surface area (Å²) in [7, 11) is 0. The number of aliphatic hydroxyl groups is 1. The smallest absolute Gasteiger partial charge is 0.146 e. The monoisotopic (exact) mass is 257 g/mol. The van der Waals surface area contributed by atoms with Crippen molar-refractivity contribution in [3.8, 4) is 6.07 Å². The largest absolute Gasteiger partial charge is 0.391 e. The number of aromatic nitrogens is 1. The number of rotatable bonds is 1. The zero-order chi connectivity index (χ0) is 13.2. The molecule has 1 saturated heterocycles. The molecule has 0 radical (unpaired) electrons. The van der Waals surface area contributed by atoms with Crippen LogP contribution in [-0.2, 0) is 12.8 Å². The highest BCUT2D eigenvalue weighted by Crippen LogP contribution is 2.28. The van der Waals surface area contributed by atoms with E-state index in [-0.39, 0.29) is 6.10 Å². The molecule has 4 heteroatoms. The van der Waals surface area contributed by atoms with Crippen LogP contribution in [0.25, 0.3) is 0 Å². The highest BCUT2D eigenvalue weighted by Gasteiger charge is 2.23. The van der Waals surface area contributed by atoms with Gasteiger partial charge in [0.25, 0.3) is 0 Å². The van der Waals surface area contributed by atoms with E-state index >= 15 is 0 Å². The Bertz CT molecular complexity index is 521. The van der Waals surface area contributed by atoms with Crippen LogP contribution in [0.4, 0.5) is 5.82 Å². The molecule has 1 unspecified atom stereocenters. The van der Waals surface area contributed by atoms with Gasteiger partial charge in [0.1, 0.15) is 11.9 Å². The third-order valence-corrected chi connectivity index (χ3v) is 4.10. The Hall–Kier alpha value is -1.60. The lowest BCUT2D eigenvalue weighted by molar-refractivity contribution is 0.154. The fourth-order valence-electron chi connectivity index (χ4n) is 3.09. The number of β-amino-alcohol motifs (C(OH)–C–C–N with tert-alkyl or cyclic N) is 1. The molecule has 0 saturated carbocycles. The molecule has 0 spiro atoms. The maximum atomic E-state index is 9.79. The molecular formula is C15H19N3O. The van der Waals surface area contributed by atoms with Crippen molar-refractivity contribution in [1.82, 2.24) is 4.98 Å². The van der Waals surface area contributed by atoms with E-state index in [0.29, 0.717) is 12.1 Å². The van der Waals surface area contributed by atoms with Gasteiger partial charge in [-0.25, -0.2) is 4.98 Å². The van der Waals surface area contributed by atoms with Crippen molar-refractivity contribution < 1.29 is 5.11 Å². The predicted octanol–water partition coefficient (Wildman–Crippen LogP) is 1.79. The summed E-state index contributed by atoms with van der Waals surface area (Å²) in [6.45, 7) is 1.48. The summed E-state index contributed by atoms with van der Waals surface area (Å²) in [5.74, 6) is 0.780. The number of hydrogen-bond donors (Lipinski definition) is 1. The Labute approximate surface area is 113 Å². The van der Waals surface area contributed by atoms with Gasteiger partial charge in [0, 0.05) is 18.8 Å². The molecular weight excluding hydrogens is 238 g/mol. The minimum atomic E-state index is -0.293.